The molecule has 0 aromatic heterocycles. The van der Waals surface area contributed by atoms with Gasteiger partial charge in [0.1, 0.15) is 6.10 Å². The first kappa shape index (κ1) is 22.9. The monoisotopic (exact) mass is 447 g/mol. The molecule has 0 N–H and O–H groups in total. The molecule has 1 aliphatic rings. The SMILES string of the molecule is CCOC(=O)C1(C(=O)OCC)[C@H](c2ccccc2)O[C@H](c2ccccc2)N1S(C)(=O)=O. The molecule has 9 heteroatoms. The summed E-state index contributed by atoms with van der Waals surface area (Å²) in [5.74, 6) is -2.10. The van der Waals surface area contributed by atoms with Gasteiger partial charge in [-0.15, -0.1) is 4.31 Å². The van der Waals surface area contributed by atoms with Crippen molar-refractivity contribution in [1.29, 1.82) is 0 Å². The molecular formula is C22H25NO7S. The third-order valence-corrected chi connectivity index (χ3v) is 6.12. The quantitative estimate of drug-likeness (QED) is 0.475. The minimum Gasteiger partial charge on any atom is -0.464 e. The van der Waals surface area contributed by atoms with Gasteiger partial charge in [0, 0.05) is 0 Å². The van der Waals surface area contributed by atoms with E-state index in [0.29, 0.717) is 11.1 Å². The standard InChI is InChI=1S/C22H25NO7S/c1-4-28-20(24)22(21(25)29-5-2)18(16-12-8-6-9-13-16)30-19(23(22)31(3,26)27)17-14-10-7-11-15-17/h6-15,18-19H,4-5H2,1-3H3/t18-,19+/m0/s1. The Bertz CT molecular complexity index is 1010. The van der Waals surface area contributed by atoms with Crippen molar-refractivity contribution >= 4 is 22.0 Å². The van der Waals surface area contributed by atoms with Gasteiger partial charge in [-0.05, 0) is 25.0 Å². The fraction of sp³-hybridized carbons (Fsp3) is 0.364. The Morgan fingerprint density at radius 1 is 0.903 bits per heavy atom. The first-order chi connectivity index (χ1) is 14.8. The topological polar surface area (TPSA) is 99.2 Å². The molecule has 1 heterocycles. The zero-order valence-electron chi connectivity index (χ0n) is 17.6. The Hall–Kier alpha value is -2.75. The Morgan fingerprint density at radius 2 is 1.35 bits per heavy atom. The number of esters is 2. The van der Waals surface area contributed by atoms with Crippen LogP contribution in [-0.2, 0) is 33.8 Å². The highest BCUT2D eigenvalue weighted by molar-refractivity contribution is 7.88. The maximum absolute atomic E-state index is 13.4. The normalized spacial score (nSPS) is 20.9. The number of hydrogen-bond acceptors (Lipinski definition) is 7. The van der Waals surface area contributed by atoms with E-state index in [9.17, 15) is 18.0 Å². The molecule has 1 saturated heterocycles. The van der Waals surface area contributed by atoms with E-state index in [1.54, 1.807) is 74.5 Å². The summed E-state index contributed by atoms with van der Waals surface area (Å²) < 4.78 is 43.5. The lowest BCUT2D eigenvalue weighted by Gasteiger charge is -2.35. The second-order valence-electron chi connectivity index (χ2n) is 6.96. The Balaban J connectivity index is 2.35. The van der Waals surface area contributed by atoms with Gasteiger partial charge < -0.3 is 14.2 Å². The van der Waals surface area contributed by atoms with Gasteiger partial charge in [-0.3, -0.25) is 0 Å². The van der Waals surface area contributed by atoms with Crippen LogP contribution >= 0.6 is 0 Å². The van der Waals surface area contributed by atoms with Crippen molar-refractivity contribution in [2.45, 2.75) is 31.7 Å². The molecule has 2 aromatic carbocycles. The van der Waals surface area contributed by atoms with Crippen molar-refractivity contribution in [1.82, 2.24) is 4.31 Å². The first-order valence-corrected chi connectivity index (χ1v) is 11.7. The summed E-state index contributed by atoms with van der Waals surface area (Å²) in [6.07, 6.45) is -1.60. The van der Waals surface area contributed by atoms with Gasteiger partial charge in [0.25, 0.3) is 5.54 Å². The van der Waals surface area contributed by atoms with Crippen LogP contribution in [0.1, 0.15) is 37.3 Å². The van der Waals surface area contributed by atoms with Crippen LogP contribution in [0.5, 0.6) is 0 Å². The second kappa shape index (κ2) is 9.17. The van der Waals surface area contributed by atoms with Crippen molar-refractivity contribution in [3.05, 3.63) is 71.8 Å². The highest BCUT2D eigenvalue weighted by Gasteiger charge is 2.70. The van der Waals surface area contributed by atoms with E-state index < -0.39 is 39.8 Å². The molecule has 0 radical (unpaired) electrons. The fourth-order valence-electron chi connectivity index (χ4n) is 3.76. The summed E-state index contributed by atoms with van der Waals surface area (Å²) in [5.41, 5.74) is -1.48. The first-order valence-electron chi connectivity index (χ1n) is 9.87. The van der Waals surface area contributed by atoms with Crippen LogP contribution in [0.4, 0.5) is 0 Å². The van der Waals surface area contributed by atoms with Gasteiger partial charge in [-0.2, -0.15) is 0 Å². The molecule has 0 bridgehead atoms. The van der Waals surface area contributed by atoms with Crippen LogP contribution in [0.25, 0.3) is 0 Å². The van der Waals surface area contributed by atoms with Crippen molar-refractivity contribution in [2.75, 3.05) is 19.5 Å². The number of sulfonamides is 1. The second-order valence-corrected chi connectivity index (χ2v) is 8.82. The van der Waals surface area contributed by atoms with Crippen LogP contribution in [0.3, 0.4) is 0 Å². The van der Waals surface area contributed by atoms with E-state index in [1.807, 2.05) is 0 Å². The Morgan fingerprint density at radius 3 is 1.77 bits per heavy atom. The average Bonchev–Trinajstić information content (AvgIpc) is 3.13. The van der Waals surface area contributed by atoms with Gasteiger partial charge in [0.15, 0.2) is 6.23 Å². The van der Waals surface area contributed by atoms with Gasteiger partial charge >= 0.3 is 11.9 Å². The number of carbonyl (C=O) groups excluding carboxylic acids is 2. The zero-order valence-corrected chi connectivity index (χ0v) is 18.4. The van der Waals surface area contributed by atoms with Crippen LogP contribution in [0, 0.1) is 0 Å². The molecule has 0 saturated carbocycles. The molecule has 2 atom stereocenters. The smallest absolute Gasteiger partial charge is 0.342 e. The number of nitrogens with zero attached hydrogens (tertiary/aromatic N) is 1. The van der Waals surface area contributed by atoms with Crippen LogP contribution in [0.2, 0.25) is 0 Å². The summed E-state index contributed by atoms with van der Waals surface area (Å²) in [4.78, 5) is 26.8. The van der Waals surface area contributed by atoms with Gasteiger partial charge in [-0.1, -0.05) is 60.7 Å². The van der Waals surface area contributed by atoms with E-state index in [-0.39, 0.29) is 13.2 Å². The predicted molar refractivity (Wildman–Crippen MR) is 112 cm³/mol. The minimum absolute atomic E-state index is 0.0604. The summed E-state index contributed by atoms with van der Waals surface area (Å²) >= 11 is 0. The zero-order chi connectivity index (χ0) is 22.6. The molecule has 1 fully saturated rings. The number of carbonyl (C=O) groups is 2. The summed E-state index contributed by atoms with van der Waals surface area (Å²) in [5, 5.41) is 0. The number of rotatable bonds is 7. The number of hydrogen-bond donors (Lipinski definition) is 0. The van der Waals surface area contributed by atoms with Crippen LogP contribution in [-0.4, -0.2) is 49.7 Å². The third kappa shape index (κ3) is 4.08. The van der Waals surface area contributed by atoms with Crippen molar-refractivity contribution in [3.63, 3.8) is 0 Å². The molecule has 166 valence electrons. The van der Waals surface area contributed by atoms with E-state index in [2.05, 4.69) is 0 Å². The lowest BCUT2D eigenvalue weighted by molar-refractivity contribution is -0.172. The van der Waals surface area contributed by atoms with E-state index in [1.165, 1.54) is 0 Å². The molecular weight excluding hydrogens is 422 g/mol. The highest BCUT2D eigenvalue weighted by Crippen LogP contribution is 2.52. The lowest BCUT2D eigenvalue weighted by Crippen LogP contribution is -2.62. The van der Waals surface area contributed by atoms with Crippen LogP contribution < -0.4 is 0 Å². The molecule has 1 aliphatic heterocycles. The van der Waals surface area contributed by atoms with E-state index in [4.69, 9.17) is 14.2 Å². The third-order valence-electron chi connectivity index (χ3n) is 4.92. The summed E-state index contributed by atoms with van der Waals surface area (Å²) in [6, 6.07) is 17.0. The van der Waals surface area contributed by atoms with Gasteiger partial charge in [0.2, 0.25) is 10.0 Å². The lowest BCUT2D eigenvalue weighted by atomic mass is 9.88. The Labute approximate surface area is 181 Å². The molecule has 0 spiro atoms. The van der Waals surface area contributed by atoms with Gasteiger partial charge in [-0.25, -0.2) is 18.0 Å². The fourth-order valence-corrected chi connectivity index (χ4v) is 5.04. The largest absolute Gasteiger partial charge is 0.464 e. The Kier molecular flexibility index (Phi) is 6.78. The average molecular weight is 448 g/mol. The maximum atomic E-state index is 13.4. The van der Waals surface area contributed by atoms with Gasteiger partial charge in [0.05, 0.1) is 19.5 Å². The molecule has 0 amide bonds. The molecule has 0 unspecified atom stereocenters. The van der Waals surface area contributed by atoms with Crippen molar-refractivity contribution in [3.8, 4) is 0 Å². The number of benzene rings is 2. The molecule has 31 heavy (non-hydrogen) atoms. The minimum atomic E-state index is -4.17. The van der Waals surface area contributed by atoms with E-state index >= 15 is 0 Å². The highest BCUT2D eigenvalue weighted by atomic mass is 32.2. The maximum Gasteiger partial charge on any atom is 0.342 e. The molecule has 8 nitrogen and oxygen atoms in total. The summed E-state index contributed by atoms with van der Waals surface area (Å²) in [7, 11) is -4.17. The predicted octanol–water partition coefficient (Wildman–Crippen LogP) is 2.58. The van der Waals surface area contributed by atoms with Crippen LogP contribution in [0.15, 0.2) is 60.7 Å². The van der Waals surface area contributed by atoms with E-state index in [0.717, 1.165) is 10.6 Å². The summed E-state index contributed by atoms with van der Waals surface area (Å²) in [6.45, 7) is 3.03. The molecule has 0 aliphatic carbocycles. The van der Waals surface area contributed by atoms with Crippen molar-refractivity contribution in [2.24, 2.45) is 0 Å². The number of ether oxygens (including phenoxy) is 3. The van der Waals surface area contributed by atoms with Crippen molar-refractivity contribution < 1.29 is 32.2 Å². The molecule has 3 rings (SSSR count). The molecule has 2 aromatic rings.